The van der Waals surface area contributed by atoms with Gasteiger partial charge >= 0.3 is 11.9 Å². The minimum Gasteiger partial charge on any atom is -0.481 e. The maximum Gasteiger partial charge on any atom is 0.325 e. The van der Waals surface area contributed by atoms with Crippen LogP contribution < -0.4 is 10.6 Å². The standard InChI is InChI=1S/C14H16N2O7/c1-8(14(21)22)15-13(20)10(7-12(18)19)16-11(17)5-4-9-3-2-6-23-9/h2-6,8,10H,7H2,1H3,(H,15,20)(H,16,17)(H,18,19)(H,21,22)/b5-4+. The Balaban J connectivity index is 2.69. The van der Waals surface area contributed by atoms with E-state index in [0.717, 1.165) is 6.08 Å². The highest BCUT2D eigenvalue weighted by Gasteiger charge is 2.25. The molecule has 1 rings (SSSR count). The molecule has 2 atom stereocenters. The Kier molecular flexibility index (Phi) is 6.53. The van der Waals surface area contributed by atoms with Gasteiger partial charge in [0.25, 0.3) is 0 Å². The van der Waals surface area contributed by atoms with Gasteiger partial charge in [-0.1, -0.05) is 0 Å². The molecular weight excluding hydrogens is 308 g/mol. The second-order valence-corrected chi connectivity index (χ2v) is 4.58. The molecule has 0 aliphatic rings. The zero-order valence-electron chi connectivity index (χ0n) is 12.2. The molecule has 9 heteroatoms. The number of carbonyl (C=O) groups is 4. The number of carboxylic acid groups (broad SMARTS) is 2. The predicted molar refractivity (Wildman–Crippen MR) is 77.2 cm³/mol. The molecule has 0 saturated heterocycles. The van der Waals surface area contributed by atoms with Crippen molar-refractivity contribution in [1.82, 2.24) is 10.6 Å². The molecule has 0 aliphatic carbocycles. The van der Waals surface area contributed by atoms with E-state index in [2.05, 4.69) is 10.6 Å². The van der Waals surface area contributed by atoms with E-state index in [0.29, 0.717) is 5.76 Å². The number of hydrogen-bond acceptors (Lipinski definition) is 5. The fourth-order valence-electron chi connectivity index (χ4n) is 1.52. The lowest BCUT2D eigenvalue weighted by molar-refractivity contribution is -0.142. The Morgan fingerprint density at radius 2 is 1.96 bits per heavy atom. The second kappa shape index (κ2) is 8.37. The Hall–Kier alpha value is -3.10. The highest BCUT2D eigenvalue weighted by atomic mass is 16.4. The van der Waals surface area contributed by atoms with Crippen molar-refractivity contribution >= 4 is 29.8 Å². The van der Waals surface area contributed by atoms with Crippen LogP contribution in [0, 0.1) is 0 Å². The van der Waals surface area contributed by atoms with Gasteiger partial charge in [-0.3, -0.25) is 19.2 Å². The van der Waals surface area contributed by atoms with Gasteiger partial charge in [0.15, 0.2) is 0 Å². The van der Waals surface area contributed by atoms with Crippen LogP contribution >= 0.6 is 0 Å². The first-order chi connectivity index (χ1) is 10.8. The van der Waals surface area contributed by atoms with Crippen molar-refractivity contribution in [2.24, 2.45) is 0 Å². The first-order valence-corrected chi connectivity index (χ1v) is 6.56. The molecule has 4 N–H and O–H groups in total. The van der Waals surface area contributed by atoms with Crippen LogP contribution in [0.2, 0.25) is 0 Å². The molecule has 0 aliphatic heterocycles. The van der Waals surface area contributed by atoms with Crippen LogP contribution in [-0.4, -0.2) is 46.0 Å². The third-order valence-corrected chi connectivity index (χ3v) is 2.68. The monoisotopic (exact) mass is 324 g/mol. The molecular formula is C14H16N2O7. The van der Waals surface area contributed by atoms with Gasteiger partial charge in [0.05, 0.1) is 12.7 Å². The topological polar surface area (TPSA) is 146 Å². The number of carboxylic acids is 2. The molecule has 0 spiro atoms. The number of aliphatic carboxylic acids is 2. The summed E-state index contributed by atoms with van der Waals surface area (Å²) in [5, 5.41) is 21.8. The second-order valence-electron chi connectivity index (χ2n) is 4.58. The predicted octanol–water partition coefficient (Wildman–Crippen LogP) is -0.158. The van der Waals surface area contributed by atoms with Gasteiger partial charge in [0.2, 0.25) is 11.8 Å². The molecule has 124 valence electrons. The lowest BCUT2D eigenvalue weighted by Gasteiger charge is -2.17. The number of furan rings is 1. The largest absolute Gasteiger partial charge is 0.481 e. The van der Waals surface area contributed by atoms with Crippen molar-refractivity contribution in [3.8, 4) is 0 Å². The molecule has 1 aromatic heterocycles. The first kappa shape index (κ1) is 18.0. The van der Waals surface area contributed by atoms with E-state index in [1.165, 1.54) is 19.3 Å². The van der Waals surface area contributed by atoms with E-state index >= 15 is 0 Å². The SMILES string of the molecule is CC(NC(=O)C(CC(=O)O)NC(=O)/C=C/c1ccco1)C(=O)O. The molecule has 0 fully saturated rings. The van der Waals surface area contributed by atoms with E-state index in [-0.39, 0.29) is 0 Å². The summed E-state index contributed by atoms with van der Waals surface area (Å²) in [4.78, 5) is 45.1. The first-order valence-electron chi connectivity index (χ1n) is 6.56. The van der Waals surface area contributed by atoms with Gasteiger partial charge in [0.1, 0.15) is 17.8 Å². The van der Waals surface area contributed by atoms with Crippen molar-refractivity contribution in [3.63, 3.8) is 0 Å². The maximum atomic E-state index is 11.9. The molecule has 23 heavy (non-hydrogen) atoms. The van der Waals surface area contributed by atoms with Gasteiger partial charge in [-0.2, -0.15) is 0 Å². The Morgan fingerprint density at radius 3 is 2.48 bits per heavy atom. The Bertz CT molecular complexity index is 607. The minimum atomic E-state index is -1.40. The number of hydrogen-bond donors (Lipinski definition) is 4. The minimum absolute atomic E-state index is 0.402. The van der Waals surface area contributed by atoms with E-state index in [1.807, 2.05) is 0 Å². The lowest BCUT2D eigenvalue weighted by atomic mass is 10.1. The Morgan fingerprint density at radius 1 is 1.26 bits per heavy atom. The fourth-order valence-corrected chi connectivity index (χ4v) is 1.52. The van der Waals surface area contributed by atoms with E-state index < -0.39 is 42.3 Å². The smallest absolute Gasteiger partial charge is 0.325 e. The van der Waals surface area contributed by atoms with Crippen molar-refractivity contribution < 1.29 is 33.8 Å². The fraction of sp³-hybridized carbons (Fsp3) is 0.286. The van der Waals surface area contributed by atoms with Crippen molar-refractivity contribution in [3.05, 3.63) is 30.2 Å². The summed E-state index contributed by atoms with van der Waals surface area (Å²) in [6.07, 6.45) is 3.14. The van der Waals surface area contributed by atoms with E-state index in [9.17, 15) is 19.2 Å². The summed E-state index contributed by atoms with van der Waals surface area (Å²) >= 11 is 0. The molecule has 9 nitrogen and oxygen atoms in total. The number of rotatable bonds is 8. The van der Waals surface area contributed by atoms with Gasteiger partial charge in [0, 0.05) is 6.08 Å². The molecule has 0 aromatic carbocycles. The van der Waals surface area contributed by atoms with Crippen LogP contribution in [-0.2, 0) is 19.2 Å². The molecule has 2 unspecified atom stereocenters. The van der Waals surface area contributed by atoms with Gasteiger partial charge in [-0.05, 0) is 25.1 Å². The van der Waals surface area contributed by atoms with Crippen LogP contribution in [0.1, 0.15) is 19.1 Å². The lowest BCUT2D eigenvalue weighted by Crippen LogP contribution is -2.51. The normalized spacial score (nSPS) is 13.3. The summed E-state index contributed by atoms with van der Waals surface area (Å²) in [5.74, 6) is -3.81. The van der Waals surface area contributed by atoms with E-state index in [4.69, 9.17) is 14.6 Å². The average Bonchev–Trinajstić information content (AvgIpc) is 2.97. The quantitative estimate of drug-likeness (QED) is 0.486. The van der Waals surface area contributed by atoms with Crippen LogP contribution in [0.5, 0.6) is 0 Å². The molecule has 2 amide bonds. The summed E-state index contributed by atoms with van der Waals surface area (Å²) in [7, 11) is 0. The third kappa shape index (κ3) is 6.46. The highest BCUT2D eigenvalue weighted by Crippen LogP contribution is 2.02. The average molecular weight is 324 g/mol. The van der Waals surface area contributed by atoms with Gasteiger partial charge in [-0.25, -0.2) is 0 Å². The van der Waals surface area contributed by atoms with Gasteiger partial charge < -0.3 is 25.3 Å². The molecule has 0 saturated carbocycles. The summed E-state index contributed by atoms with van der Waals surface area (Å²) in [6.45, 7) is 1.22. The number of carbonyl (C=O) groups excluding carboxylic acids is 2. The zero-order valence-corrected chi connectivity index (χ0v) is 12.2. The summed E-state index contributed by atoms with van der Waals surface area (Å²) in [5.41, 5.74) is 0. The highest BCUT2D eigenvalue weighted by molar-refractivity contribution is 5.97. The van der Waals surface area contributed by atoms with Crippen molar-refractivity contribution in [2.45, 2.75) is 25.4 Å². The molecule has 1 heterocycles. The summed E-state index contributed by atoms with van der Waals surface area (Å²) < 4.78 is 4.97. The summed E-state index contributed by atoms with van der Waals surface area (Å²) in [6, 6.07) is 0.600. The van der Waals surface area contributed by atoms with Crippen LogP contribution in [0.3, 0.4) is 0 Å². The number of nitrogens with one attached hydrogen (secondary N) is 2. The maximum absolute atomic E-state index is 11.9. The molecule has 0 radical (unpaired) electrons. The molecule has 1 aromatic rings. The Labute approximate surface area is 131 Å². The zero-order chi connectivity index (χ0) is 17.4. The number of amides is 2. The van der Waals surface area contributed by atoms with E-state index in [1.54, 1.807) is 12.1 Å². The van der Waals surface area contributed by atoms with Crippen LogP contribution in [0.15, 0.2) is 28.9 Å². The molecule has 0 bridgehead atoms. The van der Waals surface area contributed by atoms with Gasteiger partial charge in [-0.15, -0.1) is 0 Å². The van der Waals surface area contributed by atoms with Crippen molar-refractivity contribution in [2.75, 3.05) is 0 Å². The van der Waals surface area contributed by atoms with Crippen molar-refractivity contribution in [1.29, 1.82) is 0 Å². The third-order valence-electron chi connectivity index (χ3n) is 2.68. The van der Waals surface area contributed by atoms with Crippen LogP contribution in [0.4, 0.5) is 0 Å². The van der Waals surface area contributed by atoms with Crippen LogP contribution in [0.25, 0.3) is 6.08 Å².